The molecule has 0 aromatic heterocycles. The Labute approximate surface area is 138 Å². The van der Waals surface area contributed by atoms with E-state index in [1.807, 2.05) is 0 Å². The van der Waals surface area contributed by atoms with Crippen LogP contribution in [0.2, 0.25) is 5.02 Å². The summed E-state index contributed by atoms with van der Waals surface area (Å²) in [6.07, 6.45) is 1.54. The van der Waals surface area contributed by atoms with E-state index in [9.17, 15) is 4.79 Å². The number of carboxylic acids is 1. The van der Waals surface area contributed by atoms with Gasteiger partial charge in [0.15, 0.2) is 11.5 Å². The number of halogens is 1. The van der Waals surface area contributed by atoms with Gasteiger partial charge in [0.2, 0.25) is 0 Å². The maximum absolute atomic E-state index is 10.9. The van der Waals surface area contributed by atoms with Gasteiger partial charge >= 0.3 is 5.97 Å². The Hall–Kier alpha value is -2.73. The normalized spacial score (nSPS) is 10.6. The van der Waals surface area contributed by atoms with Gasteiger partial charge in [0.05, 0.1) is 36.7 Å². The summed E-state index contributed by atoms with van der Waals surface area (Å²) in [6, 6.07) is 9.75. The Morgan fingerprint density at radius 1 is 1.26 bits per heavy atom. The molecule has 0 bridgehead atoms. The van der Waals surface area contributed by atoms with E-state index in [1.54, 1.807) is 30.5 Å². The number of ether oxygens (including phenoxy) is 2. The number of nitrogens with one attached hydrogen (secondary N) is 1. The quantitative estimate of drug-likeness (QED) is 0.624. The van der Waals surface area contributed by atoms with Gasteiger partial charge in [0.1, 0.15) is 0 Å². The first kappa shape index (κ1) is 16.6. The molecule has 0 aliphatic rings. The number of carboxylic acid groups (broad SMARTS) is 1. The minimum atomic E-state index is -0.996. The number of hydrazone groups is 1. The van der Waals surface area contributed by atoms with E-state index >= 15 is 0 Å². The molecule has 0 amide bonds. The number of hydrogen-bond donors (Lipinski definition) is 2. The highest BCUT2D eigenvalue weighted by molar-refractivity contribution is 6.32. The zero-order valence-electron chi connectivity index (χ0n) is 12.5. The Kier molecular flexibility index (Phi) is 5.43. The van der Waals surface area contributed by atoms with Gasteiger partial charge in [-0.25, -0.2) is 4.79 Å². The number of benzene rings is 2. The van der Waals surface area contributed by atoms with E-state index in [-0.39, 0.29) is 5.56 Å². The predicted molar refractivity (Wildman–Crippen MR) is 89.2 cm³/mol. The molecule has 7 heteroatoms. The molecule has 2 N–H and O–H groups in total. The van der Waals surface area contributed by atoms with Crippen molar-refractivity contribution in [2.24, 2.45) is 5.10 Å². The zero-order valence-corrected chi connectivity index (χ0v) is 13.3. The number of methoxy groups -OCH3 is 2. The van der Waals surface area contributed by atoms with Gasteiger partial charge in [-0.1, -0.05) is 17.7 Å². The maximum atomic E-state index is 10.9. The molecule has 0 aliphatic carbocycles. The molecule has 0 spiro atoms. The fourth-order valence-electron chi connectivity index (χ4n) is 1.92. The molecule has 6 nitrogen and oxygen atoms in total. The molecule has 0 aliphatic heterocycles. The van der Waals surface area contributed by atoms with Gasteiger partial charge in [-0.3, -0.25) is 5.43 Å². The van der Waals surface area contributed by atoms with Gasteiger partial charge in [-0.05, 0) is 35.9 Å². The number of rotatable bonds is 6. The summed E-state index contributed by atoms with van der Waals surface area (Å²) in [5.74, 6) is -0.0490. The lowest BCUT2D eigenvalue weighted by atomic mass is 10.2. The lowest BCUT2D eigenvalue weighted by Gasteiger charge is -2.10. The van der Waals surface area contributed by atoms with E-state index in [1.165, 1.54) is 26.4 Å². The third-order valence-corrected chi connectivity index (χ3v) is 3.25. The van der Waals surface area contributed by atoms with Crippen LogP contribution in [0.3, 0.4) is 0 Å². The third kappa shape index (κ3) is 4.14. The Bertz CT molecular complexity index is 747. The molecule has 0 heterocycles. The third-order valence-electron chi connectivity index (χ3n) is 2.97. The molecule has 2 aromatic rings. The van der Waals surface area contributed by atoms with Crippen molar-refractivity contribution in [3.63, 3.8) is 0 Å². The summed E-state index contributed by atoms with van der Waals surface area (Å²) in [5, 5.41) is 13.4. The maximum Gasteiger partial charge on any atom is 0.335 e. The van der Waals surface area contributed by atoms with Crippen LogP contribution in [-0.4, -0.2) is 31.5 Å². The summed E-state index contributed by atoms with van der Waals surface area (Å²) >= 11 is 6.11. The number of anilines is 1. The van der Waals surface area contributed by atoms with Crippen molar-refractivity contribution < 1.29 is 19.4 Å². The van der Waals surface area contributed by atoms with Gasteiger partial charge in [0, 0.05) is 0 Å². The SMILES string of the molecule is COc1cc(/C=N\Nc2cccc(C(=O)O)c2)cc(Cl)c1OC. The Morgan fingerprint density at radius 3 is 2.70 bits per heavy atom. The molecular formula is C16H15ClN2O4. The summed E-state index contributed by atoms with van der Waals surface area (Å²) in [6.45, 7) is 0. The molecule has 23 heavy (non-hydrogen) atoms. The molecule has 0 radical (unpaired) electrons. The molecule has 2 rings (SSSR count). The first-order valence-corrected chi connectivity index (χ1v) is 6.97. The van der Waals surface area contributed by atoms with Crippen LogP contribution in [-0.2, 0) is 0 Å². The van der Waals surface area contributed by atoms with Crippen LogP contribution in [0.5, 0.6) is 11.5 Å². The topological polar surface area (TPSA) is 80.2 Å². The Morgan fingerprint density at radius 2 is 2.04 bits per heavy atom. The van der Waals surface area contributed by atoms with E-state index in [0.29, 0.717) is 27.8 Å². The largest absolute Gasteiger partial charge is 0.493 e. The molecule has 0 atom stereocenters. The van der Waals surface area contributed by atoms with E-state index < -0.39 is 5.97 Å². The number of carbonyl (C=O) groups is 1. The summed E-state index contributed by atoms with van der Waals surface area (Å²) in [5.41, 5.74) is 4.21. The van der Waals surface area contributed by atoms with Crippen molar-refractivity contribution >= 4 is 29.5 Å². The average molecular weight is 335 g/mol. The van der Waals surface area contributed by atoms with Gasteiger partial charge in [0.25, 0.3) is 0 Å². The zero-order chi connectivity index (χ0) is 16.8. The van der Waals surface area contributed by atoms with Crippen LogP contribution in [0, 0.1) is 0 Å². The second-order valence-corrected chi connectivity index (χ2v) is 4.90. The number of hydrogen-bond acceptors (Lipinski definition) is 5. The van der Waals surface area contributed by atoms with Crippen molar-refractivity contribution in [1.82, 2.24) is 0 Å². The second kappa shape index (κ2) is 7.51. The fourth-order valence-corrected chi connectivity index (χ4v) is 2.21. The highest BCUT2D eigenvalue weighted by atomic mass is 35.5. The minimum Gasteiger partial charge on any atom is -0.493 e. The fraction of sp³-hybridized carbons (Fsp3) is 0.125. The van der Waals surface area contributed by atoms with E-state index in [2.05, 4.69) is 10.5 Å². The lowest BCUT2D eigenvalue weighted by molar-refractivity contribution is 0.0697. The van der Waals surface area contributed by atoms with Crippen molar-refractivity contribution in [2.45, 2.75) is 0 Å². The monoisotopic (exact) mass is 334 g/mol. The highest BCUT2D eigenvalue weighted by Crippen LogP contribution is 2.35. The van der Waals surface area contributed by atoms with Crippen LogP contribution < -0.4 is 14.9 Å². The predicted octanol–water partition coefficient (Wildman–Crippen LogP) is 3.50. The van der Waals surface area contributed by atoms with E-state index in [4.69, 9.17) is 26.2 Å². The van der Waals surface area contributed by atoms with Crippen molar-refractivity contribution in [3.05, 3.63) is 52.5 Å². The summed E-state index contributed by atoms with van der Waals surface area (Å²) in [7, 11) is 3.03. The average Bonchev–Trinajstić information content (AvgIpc) is 2.54. The highest BCUT2D eigenvalue weighted by Gasteiger charge is 2.09. The Balaban J connectivity index is 2.16. The van der Waals surface area contributed by atoms with Crippen LogP contribution in [0.4, 0.5) is 5.69 Å². The standard InChI is InChI=1S/C16H15ClN2O4/c1-22-14-7-10(6-13(17)15(14)23-2)9-18-19-12-5-3-4-11(8-12)16(20)21/h3-9,19H,1-2H3,(H,20,21)/b18-9-. The molecule has 120 valence electrons. The lowest BCUT2D eigenvalue weighted by Crippen LogP contribution is -1.98. The molecule has 0 unspecified atom stereocenters. The first-order valence-electron chi connectivity index (χ1n) is 6.59. The molecule has 0 saturated carbocycles. The van der Waals surface area contributed by atoms with Gasteiger partial charge in [-0.15, -0.1) is 0 Å². The smallest absolute Gasteiger partial charge is 0.335 e. The second-order valence-electron chi connectivity index (χ2n) is 4.49. The number of aromatic carboxylic acids is 1. The van der Waals surface area contributed by atoms with Crippen molar-refractivity contribution in [3.8, 4) is 11.5 Å². The van der Waals surface area contributed by atoms with Crippen LogP contribution in [0.15, 0.2) is 41.5 Å². The van der Waals surface area contributed by atoms with Crippen LogP contribution >= 0.6 is 11.6 Å². The first-order chi connectivity index (χ1) is 11.0. The van der Waals surface area contributed by atoms with Gasteiger partial charge in [-0.2, -0.15) is 5.10 Å². The van der Waals surface area contributed by atoms with E-state index in [0.717, 1.165) is 0 Å². The van der Waals surface area contributed by atoms with Crippen LogP contribution in [0.25, 0.3) is 0 Å². The van der Waals surface area contributed by atoms with Crippen LogP contribution in [0.1, 0.15) is 15.9 Å². The number of nitrogens with zero attached hydrogens (tertiary/aromatic N) is 1. The summed E-state index contributed by atoms with van der Waals surface area (Å²) < 4.78 is 10.4. The van der Waals surface area contributed by atoms with Crippen molar-refractivity contribution in [2.75, 3.05) is 19.6 Å². The molecular weight excluding hydrogens is 320 g/mol. The molecule has 0 saturated heterocycles. The molecule has 2 aromatic carbocycles. The minimum absolute atomic E-state index is 0.180. The summed E-state index contributed by atoms with van der Waals surface area (Å²) in [4.78, 5) is 10.9. The van der Waals surface area contributed by atoms with Gasteiger partial charge < -0.3 is 14.6 Å². The molecule has 0 fully saturated rings. The van der Waals surface area contributed by atoms with Crippen molar-refractivity contribution in [1.29, 1.82) is 0 Å².